The summed E-state index contributed by atoms with van der Waals surface area (Å²) in [6.45, 7) is 3.97. The summed E-state index contributed by atoms with van der Waals surface area (Å²) in [5.41, 5.74) is -0.446. The predicted octanol–water partition coefficient (Wildman–Crippen LogP) is -0.128. The second-order valence-electron chi connectivity index (χ2n) is 4.21. The average molecular weight is 264 g/mol. The van der Waals surface area contributed by atoms with Crippen LogP contribution < -0.4 is 5.32 Å². The summed E-state index contributed by atoms with van der Waals surface area (Å²) < 4.78 is 19.5. The minimum Gasteiger partial charge on any atom is -0.391 e. The maximum Gasteiger partial charge on any atom is 0.159 e. The van der Waals surface area contributed by atoms with E-state index in [9.17, 15) is 14.6 Å². The fourth-order valence-corrected chi connectivity index (χ4v) is 3.20. The third-order valence-corrected chi connectivity index (χ3v) is 3.99. The second-order valence-corrected chi connectivity index (χ2v) is 5.30. The molecule has 2 saturated heterocycles. The molecule has 2 unspecified atom stereocenters. The summed E-state index contributed by atoms with van der Waals surface area (Å²) in [5.74, 6) is 0. The number of nitrogens with zero attached hydrogens (tertiary/aromatic N) is 1. The molecule has 2 rings (SSSR count). The van der Waals surface area contributed by atoms with Crippen LogP contribution in [-0.4, -0.2) is 57.9 Å². The number of aliphatic hydroxyl groups excluding tert-OH is 2. The van der Waals surface area contributed by atoms with Gasteiger partial charge in [-0.1, -0.05) is 11.8 Å². The van der Waals surface area contributed by atoms with Gasteiger partial charge in [-0.2, -0.15) is 0 Å². The largest absolute Gasteiger partial charge is 0.391 e. The lowest BCUT2D eigenvalue weighted by atomic mass is 9.96. The van der Waals surface area contributed by atoms with Crippen molar-refractivity contribution in [1.82, 2.24) is 5.32 Å². The van der Waals surface area contributed by atoms with Crippen LogP contribution >= 0.6 is 11.8 Å². The van der Waals surface area contributed by atoms with Gasteiger partial charge in [0.15, 0.2) is 11.3 Å². The summed E-state index contributed by atoms with van der Waals surface area (Å²) in [6, 6.07) is -0.602. The number of alkyl halides is 1. The molecule has 0 bridgehead atoms. The smallest absolute Gasteiger partial charge is 0.159 e. The highest BCUT2D eigenvalue weighted by Gasteiger charge is 2.51. The Bertz CT molecular complexity index is 316. The summed E-state index contributed by atoms with van der Waals surface area (Å²) >= 11 is 1.30. The van der Waals surface area contributed by atoms with Gasteiger partial charge >= 0.3 is 0 Å². The van der Waals surface area contributed by atoms with Crippen molar-refractivity contribution in [3.63, 3.8) is 0 Å². The van der Waals surface area contributed by atoms with E-state index in [1.54, 1.807) is 0 Å². The van der Waals surface area contributed by atoms with E-state index in [-0.39, 0.29) is 0 Å². The molecule has 2 heterocycles. The Kier molecular flexibility index (Phi) is 3.92. The number of aliphatic hydroxyl groups is 2. The van der Waals surface area contributed by atoms with E-state index >= 15 is 0 Å². The Morgan fingerprint density at radius 2 is 2.35 bits per heavy atom. The quantitative estimate of drug-likeness (QED) is 0.648. The predicted molar refractivity (Wildman–Crippen MR) is 63.7 cm³/mol. The maximum absolute atomic E-state index is 14.0. The molecule has 0 aromatic rings. The van der Waals surface area contributed by atoms with Gasteiger partial charge in [-0.25, -0.2) is 4.39 Å². The fraction of sp³-hybridized carbons (Fsp3) is 0.900. The van der Waals surface area contributed by atoms with Crippen LogP contribution in [0, 0.1) is 0 Å². The van der Waals surface area contributed by atoms with Crippen LogP contribution in [-0.2, 0) is 4.74 Å². The fourth-order valence-electron chi connectivity index (χ4n) is 2.02. The second kappa shape index (κ2) is 5.09. The van der Waals surface area contributed by atoms with Gasteiger partial charge in [-0.15, -0.1) is 0 Å². The van der Waals surface area contributed by atoms with E-state index < -0.39 is 36.0 Å². The summed E-state index contributed by atoms with van der Waals surface area (Å²) in [7, 11) is 0. The molecule has 17 heavy (non-hydrogen) atoms. The number of rotatable bonds is 2. The van der Waals surface area contributed by atoms with Gasteiger partial charge in [0.05, 0.1) is 12.1 Å². The molecule has 0 aromatic carbocycles. The molecule has 2 aliphatic rings. The van der Waals surface area contributed by atoms with Gasteiger partial charge in [-0.3, -0.25) is 4.99 Å². The number of thioether (sulfide) groups is 1. The molecule has 98 valence electrons. The number of ether oxygens (including phenoxy) is 1. The molecular weight excluding hydrogens is 247 g/mol. The molecule has 0 spiro atoms. The van der Waals surface area contributed by atoms with E-state index in [0.29, 0.717) is 11.7 Å². The van der Waals surface area contributed by atoms with Crippen molar-refractivity contribution in [2.24, 2.45) is 4.99 Å². The number of hydrogen-bond donors (Lipinski definition) is 3. The van der Waals surface area contributed by atoms with Crippen LogP contribution in [0.15, 0.2) is 4.99 Å². The van der Waals surface area contributed by atoms with Crippen molar-refractivity contribution in [3.05, 3.63) is 0 Å². The highest BCUT2D eigenvalue weighted by atomic mass is 32.2. The van der Waals surface area contributed by atoms with E-state index in [4.69, 9.17) is 4.74 Å². The number of hydrogen-bond acceptors (Lipinski definition) is 5. The first-order valence-corrected chi connectivity index (χ1v) is 6.56. The van der Waals surface area contributed by atoms with Gasteiger partial charge in [0.2, 0.25) is 0 Å². The van der Waals surface area contributed by atoms with Crippen molar-refractivity contribution in [1.29, 1.82) is 0 Å². The highest BCUT2D eigenvalue weighted by molar-refractivity contribution is 8.14. The van der Waals surface area contributed by atoms with Gasteiger partial charge in [0.25, 0.3) is 0 Å². The van der Waals surface area contributed by atoms with Crippen LogP contribution in [0.1, 0.15) is 13.8 Å². The highest BCUT2D eigenvalue weighted by Crippen LogP contribution is 2.36. The molecule has 0 radical (unpaired) electrons. The Labute approximate surface area is 103 Å². The minimum atomic E-state index is -1.47. The number of fused-ring (bicyclic) bond motifs is 1. The molecule has 5 nitrogen and oxygen atoms in total. The average Bonchev–Trinajstić information content (AvgIpc) is 2.66. The van der Waals surface area contributed by atoms with Gasteiger partial charge < -0.3 is 20.3 Å². The van der Waals surface area contributed by atoms with Crippen molar-refractivity contribution in [2.45, 2.75) is 49.8 Å². The lowest BCUT2D eigenvalue weighted by Gasteiger charge is -2.38. The summed E-state index contributed by atoms with van der Waals surface area (Å²) in [5, 5.41) is 22.7. The molecule has 3 N–H and O–H groups in total. The Morgan fingerprint density at radius 3 is 2.94 bits per heavy atom. The Hall–Kier alpha value is -0.370. The molecule has 2 fully saturated rings. The van der Waals surface area contributed by atoms with E-state index in [1.165, 1.54) is 18.7 Å². The van der Waals surface area contributed by atoms with Gasteiger partial charge in [0, 0.05) is 6.54 Å². The van der Waals surface area contributed by atoms with Crippen LogP contribution in [0.25, 0.3) is 0 Å². The first-order valence-electron chi connectivity index (χ1n) is 5.68. The Balaban J connectivity index is 2.12. The van der Waals surface area contributed by atoms with Crippen molar-refractivity contribution in [2.75, 3.05) is 6.54 Å². The first-order chi connectivity index (χ1) is 8.04. The summed E-state index contributed by atoms with van der Waals surface area (Å²) in [4.78, 5) is 4.15. The molecular formula is C10H17FN2O3S. The topological polar surface area (TPSA) is 74.1 Å². The Morgan fingerprint density at radius 1 is 1.65 bits per heavy atom. The maximum atomic E-state index is 14.0. The summed E-state index contributed by atoms with van der Waals surface area (Å²) in [6.07, 6.45) is -4.57. The van der Waals surface area contributed by atoms with E-state index in [1.807, 2.05) is 6.92 Å². The third kappa shape index (κ3) is 2.42. The number of aliphatic imine (C=N–C) groups is 1. The monoisotopic (exact) mass is 264 g/mol. The van der Waals surface area contributed by atoms with Crippen molar-refractivity contribution >= 4 is 16.9 Å². The van der Waals surface area contributed by atoms with E-state index in [0.717, 1.165) is 0 Å². The zero-order chi connectivity index (χ0) is 12.6. The zero-order valence-corrected chi connectivity index (χ0v) is 10.5. The van der Waals surface area contributed by atoms with Crippen LogP contribution in [0.4, 0.5) is 4.39 Å². The molecule has 6 atom stereocenters. The lowest BCUT2D eigenvalue weighted by molar-refractivity contribution is -0.167. The molecule has 0 aromatic heterocycles. The van der Waals surface area contributed by atoms with Crippen LogP contribution in [0.2, 0.25) is 0 Å². The normalized spacial score (nSPS) is 45.5. The third-order valence-electron chi connectivity index (χ3n) is 2.89. The van der Waals surface area contributed by atoms with Gasteiger partial charge in [-0.05, 0) is 13.8 Å². The molecule has 0 amide bonds. The van der Waals surface area contributed by atoms with Crippen molar-refractivity contribution in [3.8, 4) is 0 Å². The standard InChI is InChI=1S/C10H17FN2O3S/c1-3-12-10-13-6-5(11)7(15)8(4(2)14)16-9(6)17-10/h4-9,14-15H,3H2,1-2H3,(H,12,13)/t4-,5?,6+,7-,8?,9+/m0/s1. The molecule has 0 aliphatic carbocycles. The van der Waals surface area contributed by atoms with Crippen LogP contribution in [0.3, 0.4) is 0 Å². The lowest BCUT2D eigenvalue weighted by Crippen LogP contribution is -2.59. The number of halogens is 1. The van der Waals surface area contributed by atoms with Crippen molar-refractivity contribution < 1.29 is 19.3 Å². The number of nitrogens with one attached hydrogen (secondary N) is 1. The molecule has 0 saturated carbocycles. The zero-order valence-electron chi connectivity index (χ0n) is 9.71. The first kappa shape index (κ1) is 13.1. The molecule has 2 aliphatic heterocycles. The van der Waals surface area contributed by atoms with E-state index in [2.05, 4.69) is 10.3 Å². The SMILES string of the molecule is CCN=C1N[C@@H]2C(F)[C@H](O)C([C@H](C)O)O[C@@H]2S1. The molecule has 7 heteroatoms. The van der Waals surface area contributed by atoms with Gasteiger partial charge in [0.1, 0.15) is 17.6 Å². The van der Waals surface area contributed by atoms with Crippen LogP contribution in [0.5, 0.6) is 0 Å². The minimum absolute atomic E-state index is 0.446. The number of amidine groups is 1.